The van der Waals surface area contributed by atoms with E-state index in [1.807, 2.05) is 25.1 Å². The Bertz CT molecular complexity index is 1370. The summed E-state index contributed by atoms with van der Waals surface area (Å²) < 4.78 is 19.9. The molecule has 0 bridgehead atoms. The van der Waals surface area contributed by atoms with Gasteiger partial charge in [0.25, 0.3) is 0 Å². The molecule has 0 spiro atoms. The van der Waals surface area contributed by atoms with Gasteiger partial charge in [0.05, 0.1) is 17.2 Å². The summed E-state index contributed by atoms with van der Waals surface area (Å²) in [6, 6.07) is 22.5. The van der Waals surface area contributed by atoms with Crippen LogP contribution in [-0.4, -0.2) is 9.97 Å². The van der Waals surface area contributed by atoms with E-state index in [2.05, 4.69) is 21.4 Å². The van der Waals surface area contributed by atoms with Crippen molar-refractivity contribution in [2.24, 2.45) is 0 Å². The summed E-state index contributed by atoms with van der Waals surface area (Å²) in [5, 5.41) is 20.9. The number of rotatable bonds is 5. The molecule has 1 N–H and O–H groups in total. The Balaban J connectivity index is 1.52. The SMILES string of the molecule is Cc1cc(-c2ccc(C#N)c(F)c2)ccc1Oc1ccnc(Nc2ccc(C#N)cc2)n1. The summed E-state index contributed by atoms with van der Waals surface area (Å²) in [5.74, 6) is 0.767. The Labute approximate surface area is 184 Å². The quantitative estimate of drug-likeness (QED) is 0.433. The van der Waals surface area contributed by atoms with Crippen LogP contribution >= 0.6 is 0 Å². The minimum Gasteiger partial charge on any atom is -0.439 e. The zero-order valence-electron chi connectivity index (χ0n) is 17.0. The van der Waals surface area contributed by atoms with Gasteiger partial charge in [-0.1, -0.05) is 12.1 Å². The number of anilines is 2. The summed E-state index contributed by atoms with van der Waals surface area (Å²) in [4.78, 5) is 8.56. The predicted molar refractivity (Wildman–Crippen MR) is 118 cm³/mol. The number of aromatic nitrogens is 2. The van der Waals surface area contributed by atoms with E-state index in [-0.39, 0.29) is 5.56 Å². The minimum absolute atomic E-state index is 0.0135. The maximum atomic E-state index is 14.0. The van der Waals surface area contributed by atoms with Crippen LogP contribution in [0.2, 0.25) is 0 Å². The first-order valence-corrected chi connectivity index (χ1v) is 9.64. The second-order valence-electron chi connectivity index (χ2n) is 6.92. The first kappa shape index (κ1) is 20.5. The molecule has 0 aliphatic heterocycles. The number of hydrogen-bond acceptors (Lipinski definition) is 6. The number of ether oxygens (including phenoxy) is 1. The number of benzene rings is 3. The van der Waals surface area contributed by atoms with Crippen molar-refractivity contribution in [1.29, 1.82) is 10.5 Å². The average Bonchev–Trinajstić information content (AvgIpc) is 2.81. The van der Waals surface area contributed by atoms with E-state index in [1.54, 1.807) is 48.7 Å². The topological polar surface area (TPSA) is 94.6 Å². The Morgan fingerprint density at radius 2 is 1.66 bits per heavy atom. The van der Waals surface area contributed by atoms with E-state index in [4.69, 9.17) is 15.3 Å². The number of halogens is 1. The van der Waals surface area contributed by atoms with Crippen molar-refractivity contribution in [1.82, 2.24) is 9.97 Å². The lowest BCUT2D eigenvalue weighted by molar-refractivity contribution is 0.459. The molecule has 0 aliphatic rings. The third-order valence-corrected chi connectivity index (χ3v) is 4.71. The monoisotopic (exact) mass is 421 g/mol. The molecule has 0 unspecified atom stereocenters. The maximum absolute atomic E-state index is 14.0. The van der Waals surface area contributed by atoms with Crippen molar-refractivity contribution < 1.29 is 9.13 Å². The predicted octanol–water partition coefficient (Wildman–Crippen LogP) is 5.87. The van der Waals surface area contributed by atoms with Crippen molar-refractivity contribution in [3.8, 4) is 34.9 Å². The van der Waals surface area contributed by atoms with Gasteiger partial charge in [-0.15, -0.1) is 0 Å². The summed E-state index contributed by atoms with van der Waals surface area (Å²) in [6.07, 6.45) is 1.58. The molecule has 0 amide bonds. The second-order valence-corrected chi connectivity index (χ2v) is 6.92. The second kappa shape index (κ2) is 8.95. The molecule has 32 heavy (non-hydrogen) atoms. The highest BCUT2D eigenvalue weighted by atomic mass is 19.1. The first-order valence-electron chi connectivity index (χ1n) is 9.64. The molecule has 3 aromatic carbocycles. The van der Waals surface area contributed by atoms with E-state index in [9.17, 15) is 4.39 Å². The van der Waals surface area contributed by atoms with Gasteiger partial charge in [0.1, 0.15) is 17.6 Å². The van der Waals surface area contributed by atoms with Crippen molar-refractivity contribution in [2.45, 2.75) is 6.92 Å². The van der Waals surface area contributed by atoms with Crippen LogP contribution < -0.4 is 10.1 Å². The standard InChI is InChI=1S/C25H16FN5O/c1-16-12-18(19-4-5-20(15-28)22(26)13-19)6-9-23(16)32-24-10-11-29-25(31-24)30-21-7-2-17(14-27)3-8-21/h2-13H,1H3,(H,29,30,31). The number of nitrogens with one attached hydrogen (secondary N) is 1. The summed E-state index contributed by atoms with van der Waals surface area (Å²) in [7, 11) is 0. The van der Waals surface area contributed by atoms with E-state index in [1.165, 1.54) is 12.1 Å². The summed E-state index contributed by atoms with van der Waals surface area (Å²) in [5.41, 5.74) is 3.65. The van der Waals surface area contributed by atoms with Gasteiger partial charge in [-0.2, -0.15) is 15.5 Å². The van der Waals surface area contributed by atoms with E-state index in [0.717, 1.165) is 16.8 Å². The van der Waals surface area contributed by atoms with Gasteiger partial charge >= 0.3 is 0 Å². The molecule has 1 aromatic heterocycles. The normalized spacial score (nSPS) is 10.1. The highest BCUT2D eigenvalue weighted by Gasteiger charge is 2.09. The third-order valence-electron chi connectivity index (χ3n) is 4.71. The lowest BCUT2D eigenvalue weighted by Crippen LogP contribution is -1.99. The highest BCUT2D eigenvalue weighted by molar-refractivity contribution is 5.66. The van der Waals surface area contributed by atoms with Crippen molar-refractivity contribution in [2.75, 3.05) is 5.32 Å². The van der Waals surface area contributed by atoms with Gasteiger partial charge in [0.2, 0.25) is 11.8 Å². The zero-order valence-corrected chi connectivity index (χ0v) is 17.0. The smallest absolute Gasteiger partial charge is 0.230 e. The fourth-order valence-corrected chi connectivity index (χ4v) is 3.06. The fourth-order valence-electron chi connectivity index (χ4n) is 3.06. The Kier molecular flexibility index (Phi) is 5.74. The highest BCUT2D eigenvalue weighted by Crippen LogP contribution is 2.30. The van der Waals surface area contributed by atoms with Crippen LogP contribution in [0.25, 0.3) is 11.1 Å². The largest absolute Gasteiger partial charge is 0.439 e. The number of nitrogens with zero attached hydrogens (tertiary/aromatic N) is 4. The maximum Gasteiger partial charge on any atom is 0.230 e. The molecule has 154 valence electrons. The molecule has 1 heterocycles. The molecule has 0 aliphatic carbocycles. The average molecular weight is 421 g/mol. The minimum atomic E-state index is -0.550. The van der Waals surface area contributed by atoms with Crippen molar-refractivity contribution in [3.05, 3.63) is 95.4 Å². The van der Waals surface area contributed by atoms with Crippen LogP contribution in [0.1, 0.15) is 16.7 Å². The molecule has 0 saturated heterocycles. The first-order chi connectivity index (χ1) is 15.6. The molecule has 7 heteroatoms. The van der Waals surface area contributed by atoms with Gasteiger partial charge in [-0.05, 0) is 72.1 Å². The van der Waals surface area contributed by atoms with Gasteiger partial charge in [-0.3, -0.25) is 0 Å². The van der Waals surface area contributed by atoms with Gasteiger partial charge in [0.15, 0.2) is 0 Å². The van der Waals surface area contributed by atoms with Crippen LogP contribution in [0.3, 0.4) is 0 Å². The molecule has 4 rings (SSSR count). The molecular weight excluding hydrogens is 405 g/mol. The summed E-state index contributed by atoms with van der Waals surface area (Å²) in [6.45, 7) is 1.88. The molecule has 4 aromatic rings. The van der Waals surface area contributed by atoms with Gasteiger partial charge in [0, 0.05) is 18.0 Å². The van der Waals surface area contributed by atoms with Gasteiger partial charge < -0.3 is 10.1 Å². The Hall–Kier alpha value is -4.75. The molecular formula is C25H16FN5O. The molecule has 0 fully saturated rings. The lowest BCUT2D eigenvalue weighted by atomic mass is 10.0. The van der Waals surface area contributed by atoms with Gasteiger partial charge in [-0.25, -0.2) is 9.37 Å². The lowest BCUT2D eigenvalue weighted by Gasteiger charge is -2.11. The molecule has 0 saturated carbocycles. The van der Waals surface area contributed by atoms with Crippen LogP contribution in [0.4, 0.5) is 16.0 Å². The Morgan fingerprint density at radius 3 is 2.34 bits per heavy atom. The zero-order chi connectivity index (χ0) is 22.5. The third kappa shape index (κ3) is 4.53. The van der Waals surface area contributed by atoms with E-state index < -0.39 is 5.82 Å². The summed E-state index contributed by atoms with van der Waals surface area (Å²) >= 11 is 0. The van der Waals surface area contributed by atoms with Crippen LogP contribution in [0, 0.1) is 35.4 Å². The number of aryl methyl sites for hydroxylation is 1. The van der Waals surface area contributed by atoms with Crippen LogP contribution in [0.15, 0.2) is 72.9 Å². The number of nitriles is 2. The number of hydrogen-bond donors (Lipinski definition) is 1. The van der Waals surface area contributed by atoms with E-state index in [0.29, 0.717) is 28.7 Å². The molecule has 0 atom stereocenters. The van der Waals surface area contributed by atoms with E-state index >= 15 is 0 Å². The molecule has 0 radical (unpaired) electrons. The van der Waals surface area contributed by atoms with Crippen LogP contribution in [-0.2, 0) is 0 Å². The van der Waals surface area contributed by atoms with Crippen molar-refractivity contribution >= 4 is 11.6 Å². The van der Waals surface area contributed by atoms with Crippen molar-refractivity contribution in [3.63, 3.8) is 0 Å². The van der Waals surface area contributed by atoms with Crippen LogP contribution in [0.5, 0.6) is 11.6 Å². The fraction of sp³-hybridized carbons (Fsp3) is 0.0400. The molecule has 6 nitrogen and oxygen atoms in total. The Morgan fingerprint density at radius 1 is 0.906 bits per heavy atom.